The van der Waals surface area contributed by atoms with Gasteiger partial charge < -0.3 is 0 Å². The van der Waals surface area contributed by atoms with Gasteiger partial charge in [0.05, 0.1) is 11.3 Å². The van der Waals surface area contributed by atoms with Crippen LogP contribution in [0.5, 0.6) is 0 Å². The molecule has 1 saturated carbocycles. The van der Waals surface area contributed by atoms with Crippen LogP contribution in [-0.4, -0.2) is 16.1 Å². The van der Waals surface area contributed by atoms with Crippen molar-refractivity contribution < 1.29 is 4.79 Å². The number of nitrogens with two attached hydrogens (primary N) is 1. The maximum absolute atomic E-state index is 11.6. The summed E-state index contributed by atoms with van der Waals surface area (Å²) < 4.78 is 0. The van der Waals surface area contributed by atoms with Crippen LogP contribution in [0.2, 0.25) is 0 Å². The lowest BCUT2D eigenvalue weighted by molar-refractivity contribution is 0.0952. The summed E-state index contributed by atoms with van der Waals surface area (Å²) in [5, 5.41) is 0.717. The first kappa shape index (κ1) is 13.4. The fourth-order valence-electron chi connectivity index (χ4n) is 2.27. The second kappa shape index (κ2) is 6.75. The molecular formula is C13H19N3OS. The van der Waals surface area contributed by atoms with E-state index in [0.29, 0.717) is 5.56 Å². The summed E-state index contributed by atoms with van der Waals surface area (Å²) in [6, 6.07) is 3.53. The van der Waals surface area contributed by atoms with E-state index in [1.54, 1.807) is 18.3 Å². The van der Waals surface area contributed by atoms with E-state index >= 15 is 0 Å². The molecule has 0 saturated heterocycles. The van der Waals surface area contributed by atoms with Crippen molar-refractivity contribution in [2.45, 2.75) is 43.1 Å². The Hall–Kier alpha value is -1.07. The number of carbonyl (C=O) groups excluding carboxylic acids is 1. The van der Waals surface area contributed by atoms with E-state index in [1.165, 1.54) is 32.1 Å². The largest absolute Gasteiger partial charge is 0.290 e. The minimum Gasteiger partial charge on any atom is -0.290 e. The van der Waals surface area contributed by atoms with Crippen LogP contribution in [-0.2, 0) is 5.75 Å². The minimum absolute atomic E-state index is 0.262. The number of thioether (sulfide) groups is 1. The molecule has 18 heavy (non-hydrogen) atoms. The average Bonchev–Trinajstić information content (AvgIpc) is 2.45. The first-order valence-electron chi connectivity index (χ1n) is 6.37. The van der Waals surface area contributed by atoms with Gasteiger partial charge >= 0.3 is 0 Å². The zero-order valence-corrected chi connectivity index (χ0v) is 11.2. The zero-order chi connectivity index (χ0) is 12.8. The zero-order valence-electron chi connectivity index (χ0n) is 10.4. The van der Waals surface area contributed by atoms with Gasteiger partial charge in [-0.1, -0.05) is 19.3 Å². The van der Waals surface area contributed by atoms with E-state index in [2.05, 4.69) is 10.4 Å². The number of pyridine rings is 1. The van der Waals surface area contributed by atoms with E-state index in [-0.39, 0.29) is 5.91 Å². The second-order valence-corrected chi connectivity index (χ2v) is 5.83. The second-order valence-electron chi connectivity index (χ2n) is 4.54. The maximum atomic E-state index is 11.6. The number of rotatable bonds is 4. The first-order chi connectivity index (χ1) is 8.81. The summed E-state index contributed by atoms with van der Waals surface area (Å²) in [6.45, 7) is 0. The third-order valence-electron chi connectivity index (χ3n) is 3.27. The van der Waals surface area contributed by atoms with Crippen molar-refractivity contribution in [3.05, 3.63) is 29.6 Å². The monoisotopic (exact) mass is 265 g/mol. The molecule has 4 nitrogen and oxygen atoms in total. The normalized spacial score (nSPS) is 16.5. The molecule has 5 heteroatoms. The van der Waals surface area contributed by atoms with Crippen LogP contribution in [0.1, 0.15) is 48.2 Å². The van der Waals surface area contributed by atoms with Crippen molar-refractivity contribution in [1.82, 2.24) is 10.4 Å². The van der Waals surface area contributed by atoms with E-state index in [4.69, 9.17) is 5.84 Å². The predicted octanol–water partition coefficient (Wildman–Crippen LogP) is 2.25. The number of hydrogen-bond donors (Lipinski definition) is 2. The summed E-state index contributed by atoms with van der Waals surface area (Å²) >= 11 is 1.91. The van der Waals surface area contributed by atoms with Crippen LogP contribution < -0.4 is 11.3 Å². The quantitative estimate of drug-likeness (QED) is 0.498. The molecule has 1 fully saturated rings. The van der Waals surface area contributed by atoms with Gasteiger partial charge in [0, 0.05) is 17.2 Å². The Morgan fingerprint density at radius 3 is 2.94 bits per heavy atom. The van der Waals surface area contributed by atoms with E-state index in [0.717, 1.165) is 16.7 Å². The van der Waals surface area contributed by atoms with Gasteiger partial charge in [-0.05, 0) is 25.0 Å². The lowest BCUT2D eigenvalue weighted by atomic mass is 10.0. The lowest BCUT2D eigenvalue weighted by Gasteiger charge is -2.21. The Morgan fingerprint density at radius 1 is 1.44 bits per heavy atom. The molecule has 0 atom stereocenters. The SMILES string of the molecule is NNC(=O)c1cccnc1CSC1CCCCC1. The smallest absolute Gasteiger partial charge is 0.267 e. The molecule has 1 heterocycles. The topological polar surface area (TPSA) is 68.0 Å². The third kappa shape index (κ3) is 3.46. The van der Waals surface area contributed by atoms with Crippen molar-refractivity contribution in [2.24, 2.45) is 5.84 Å². The molecule has 0 bridgehead atoms. The fraction of sp³-hybridized carbons (Fsp3) is 0.538. The number of aromatic nitrogens is 1. The van der Waals surface area contributed by atoms with Crippen LogP contribution in [0.25, 0.3) is 0 Å². The number of nitrogens with one attached hydrogen (secondary N) is 1. The number of hydrogen-bond acceptors (Lipinski definition) is 4. The molecule has 0 radical (unpaired) electrons. The van der Waals surface area contributed by atoms with Crippen molar-refractivity contribution >= 4 is 17.7 Å². The van der Waals surface area contributed by atoms with Crippen molar-refractivity contribution in [1.29, 1.82) is 0 Å². The summed E-state index contributed by atoms with van der Waals surface area (Å²) in [6.07, 6.45) is 8.32. The van der Waals surface area contributed by atoms with E-state index < -0.39 is 0 Å². The molecule has 0 spiro atoms. The molecule has 2 rings (SSSR count). The van der Waals surface area contributed by atoms with Gasteiger partial charge in [0.15, 0.2) is 0 Å². The molecule has 0 unspecified atom stereocenters. The number of nitrogens with zero attached hydrogens (tertiary/aromatic N) is 1. The van der Waals surface area contributed by atoms with Crippen molar-refractivity contribution in [3.8, 4) is 0 Å². The molecule has 3 N–H and O–H groups in total. The van der Waals surface area contributed by atoms with Gasteiger partial charge in [-0.2, -0.15) is 11.8 Å². The van der Waals surface area contributed by atoms with Gasteiger partial charge in [0.2, 0.25) is 0 Å². The highest BCUT2D eigenvalue weighted by atomic mass is 32.2. The van der Waals surface area contributed by atoms with Gasteiger partial charge in [-0.3, -0.25) is 15.2 Å². The molecule has 0 aliphatic heterocycles. The third-order valence-corrected chi connectivity index (χ3v) is 4.66. The van der Waals surface area contributed by atoms with E-state index in [1.807, 2.05) is 11.8 Å². The predicted molar refractivity (Wildman–Crippen MR) is 74.1 cm³/mol. The van der Waals surface area contributed by atoms with Gasteiger partial charge in [0.25, 0.3) is 5.91 Å². The van der Waals surface area contributed by atoms with Crippen LogP contribution in [0.3, 0.4) is 0 Å². The minimum atomic E-state index is -0.262. The van der Waals surface area contributed by atoms with Crippen LogP contribution in [0, 0.1) is 0 Å². The van der Waals surface area contributed by atoms with Crippen molar-refractivity contribution in [2.75, 3.05) is 0 Å². The lowest BCUT2D eigenvalue weighted by Crippen LogP contribution is -2.31. The Bertz CT molecular complexity index is 405. The maximum Gasteiger partial charge on any atom is 0.267 e. The Kier molecular flexibility index (Phi) is 5.01. The molecule has 1 amide bonds. The van der Waals surface area contributed by atoms with Gasteiger partial charge in [-0.25, -0.2) is 5.84 Å². The summed E-state index contributed by atoms with van der Waals surface area (Å²) in [4.78, 5) is 15.9. The highest BCUT2D eigenvalue weighted by molar-refractivity contribution is 7.99. The molecule has 98 valence electrons. The highest BCUT2D eigenvalue weighted by Gasteiger charge is 2.16. The number of nitrogen functional groups attached to an aromatic ring is 1. The summed E-state index contributed by atoms with van der Waals surface area (Å²) in [7, 11) is 0. The van der Waals surface area contributed by atoms with Crippen molar-refractivity contribution in [3.63, 3.8) is 0 Å². The van der Waals surface area contributed by atoms with Crippen LogP contribution in [0.15, 0.2) is 18.3 Å². The van der Waals surface area contributed by atoms with Gasteiger partial charge in [-0.15, -0.1) is 0 Å². The molecule has 1 aromatic rings. The Morgan fingerprint density at radius 2 is 2.22 bits per heavy atom. The molecule has 1 aromatic heterocycles. The fourth-order valence-corrected chi connectivity index (χ4v) is 3.56. The number of hydrazine groups is 1. The molecule has 1 aliphatic carbocycles. The Labute approximate surface area is 112 Å². The summed E-state index contributed by atoms with van der Waals surface area (Å²) in [5.74, 6) is 5.70. The molecule has 0 aromatic carbocycles. The first-order valence-corrected chi connectivity index (χ1v) is 7.42. The Balaban J connectivity index is 1.97. The highest BCUT2D eigenvalue weighted by Crippen LogP contribution is 2.30. The average molecular weight is 265 g/mol. The standard InChI is InChI=1S/C13H19N3OS/c14-16-13(17)11-7-4-8-15-12(11)9-18-10-5-2-1-3-6-10/h4,7-8,10H,1-3,5-6,9,14H2,(H,16,17). The molecular weight excluding hydrogens is 246 g/mol. The molecule has 1 aliphatic rings. The summed E-state index contributed by atoms with van der Waals surface area (Å²) in [5.41, 5.74) is 3.59. The van der Waals surface area contributed by atoms with Gasteiger partial charge in [0.1, 0.15) is 0 Å². The van der Waals surface area contributed by atoms with Crippen LogP contribution in [0.4, 0.5) is 0 Å². The van der Waals surface area contributed by atoms with Crippen LogP contribution >= 0.6 is 11.8 Å². The number of carbonyl (C=O) groups is 1. The van der Waals surface area contributed by atoms with E-state index in [9.17, 15) is 4.79 Å². The number of amides is 1.